The third kappa shape index (κ3) is 3.18. The number of aromatic nitrogens is 2. The Labute approximate surface area is 132 Å². The molecule has 1 aromatic heterocycles. The summed E-state index contributed by atoms with van der Waals surface area (Å²) in [6.45, 7) is 0.364. The third-order valence-electron chi connectivity index (χ3n) is 3.85. The fourth-order valence-electron chi connectivity index (χ4n) is 2.74. The van der Waals surface area contributed by atoms with Crippen LogP contribution in [0.2, 0.25) is 0 Å². The van der Waals surface area contributed by atoms with Gasteiger partial charge >= 0.3 is 0 Å². The molecule has 4 nitrogen and oxygen atoms in total. The number of nitrogens with zero attached hydrogens (tertiary/aromatic N) is 2. The minimum atomic E-state index is 0.364. The molecule has 0 aliphatic heterocycles. The molecule has 21 heavy (non-hydrogen) atoms. The van der Waals surface area contributed by atoms with Crippen molar-refractivity contribution in [3.8, 4) is 5.75 Å². The average Bonchev–Trinajstić information content (AvgIpc) is 3.16. The minimum Gasteiger partial charge on any atom is -0.485 e. The molecular weight excluding hydrogens is 332 g/mol. The van der Waals surface area contributed by atoms with Crippen LogP contribution in [0.5, 0.6) is 5.75 Å². The molecule has 1 saturated carbocycles. The lowest BCUT2D eigenvalue weighted by molar-refractivity contribution is 0.111. The minimum absolute atomic E-state index is 0.364. The van der Waals surface area contributed by atoms with Crippen LogP contribution in [0.15, 0.2) is 34.9 Å². The van der Waals surface area contributed by atoms with Crippen LogP contribution in [0.4, 0.5) is 0 Å². The fourth-order valence-corrected chi connectivity index (χ4v) is 3.24. The number of hydrogen-bond acceptors (Lipinski definition) is 3. The zero-order valence-corrected chi connectivity index (χ0v) is 13.3. The normalized spacial score (nSPS) is 15.3. The van der Waals surface area contributed by atoms with Gasteiger partial charge in [0.25, 0.3) is 0 Å². The Morgan fingerprint density at radius 1 is 1.33 bits per heavy atom. The molecule has 110 valence electrons. The topological polar surface area (TPSA) is 44.1 Å². The molecule has 1 aromatic carbocycles. The van der Waals surface area contributed by atoms with Crippen molar-refractivity contribution in [1.82, 2.24) is 9.78 Å². The number of halogens is 1. The lowest BCUT2D eigenvalue weighted by Crippen LogP contribution is -2.06. The van der Waals surface area contributed by atoms with Crippen molar-refractivity contribution in [2.24, 2.45) is 0 Å². The van der Waals surface area contributed by atoms with Gasteiger partial charge in [-0.05, 0) is 47.0 Å². The molecule has 1 fully saturated rings. The Balaban J connectivity index is 1.69. The molecule has 0 amide bonds. The number of para-hydroxylation sites is 1. The van der Waals surface area contributed by atoms with E-state index in [9.17, 15) is 4.79 Å². The molecule has 0 atom stereocenters. The van der Waals surface area contributed by atoms with Crippen LogP contribution in [0.25, 0.3) is 0 Å². The van der Waals surface area contributed by atoms with Gasteiger partial charge in [-0.1, -0.05) is 18.9 Å². The fraction of sp³-hybridized carbons (Fsp3) is 0.375. The standard InChI is InChI=1S/C16H17BrN2O2/c17-15-7-3-4-12(10-20)16(15)21-11-13-8-9-19(18-13)14-5-1-2-6-14/h3-4,7-10,14H,1-2,5-6,11H2. The van der Waals surface area contributed by atoms with Gasteiger partial charge < -0.3 is 4.74 Å². The third-order valence-corrected chi connectivity index (χ3v) is 4.48. The average molecular weight is 349 g/mol. The number of benzene rings is 1. The van der Waals surface area contributed by atoms with Crippen molar-refractivity contribution in [2.75, 3.05) is 0 Å². The van der Waals surface area contributed by atoms with Gasteiger partial charge in [0.1, 0.15) is 12.4 Å². The molecule has 1 aliphatic carbocycles. The predicted octanol–water partition coefficient (Wildman–Crippen LogP) is 4.15. The summed E-state index contributed by atoms with van der Waals surface area (Å²) < 4.78 is 8.59. The summed E-state index contributed by atoms with van der Waals surface area (Å²) in [4.78, 5) is 11.0. The molecule has 1 aliphatic rings. The highest BCUT2D eigenvalue weighted by Gasteiger charge is 2.17. The quantitative estimate of drug-likeness (QED) is 0.762. The monoisotopic (exact) mass is 348 g/mol. The van der Waals surface area contributed by atoms with E-state index in [0.29, 0.717) is 24.0 Å². The molecule has 0 N–H and O–H groups in total. The summed E-state index contributed by atoms with van der Waals surface area (Å²) in [5, 5.41) is 4.58. The van der Waals surface area contributed by atoms with Crippen molar-refractivity contribution in [3.63, 3.8) is 0 Å². The van der Waals surface area contributed by atoms with Gasteiger partial charge in [0.15, 0.2) is 6.29 Å². The highest BCUT2D eigenvalue weighted by Crippen LogP contribution is 2.30. The SMILES string of the molecule is O=Cc1cccc(Br)c1OCc1ccn(C2CCCC2)n1. The Kier molecular flexibility index (Phi) is 4.39. The number of carbonyl (C=O) groups is 1. The van der Waals surface area contributed by atoms with Crippen LogP contribution in [-0.4, -0.2) is 16.1 Å². The lowest BCUT2D eigenvalue weighted by Gasteiger charge is -2.10. The van der Waals surface area contributed by atoms with E-state index in [-0.39, 0.29) is 0 Å². The second kappa shape index (κ2) is 6.43. The molecule has 0 bridgehead atoms. The van der Waals surface area contributed by atoms with Gasteiger partial charge in [0.05, 0.1) is 21.8 Å². The second-order valence-corrected chi connectivity index (χ2v) is 6.14. The van der Waals surface area contributed by atoms with Gasteiger partial charge in [-0.3, -0.25) is 9.48 Å². The Morgan fingerprint density at radius 3 is 2.90 bits per heavy atom. The number of ether oxygens (including phenoxy) is 1. The first-order valence-corrected chi connectivity index (χ1v) is 7.98. The van der Waals surface area contributed by atoms with Gasteiger partial charge in [-0.25, -0.2) is 0 Å². The zero-order valence-electron chi connectivity index (χ0n) is 11.7. The summed E-state index contributed by atoms with van der Waals surface area (Å²) in [7, 11) is 0. The second-order valence-electron chi connectivity index (χ2n) is 5.29. The van der Waals surface area contributed by atoms with Crippen LogP contribution < -0.4 is 4.74 Å². The maximum absolute atomic E-state index is 11.0. The molecule has 1 heterocycles. The van der Waals surface area contributed by atoms with Crippen LogP contribution in [0.1, 0.15) is 47.8 Å². The van der Waals surface area contributed by atoms with E-state index in [1.807, 2.05) is 29.1 Å². The first kappa shape index (κ1) is 14.3. The lowest BCUT2D eigenvalue weighted by atomic mass is 10.2. The highest BCUT2D eigenvalue weighted by atomic mass is 79.9. The Bertz CT molecular complexity index is 633. The number of aldehydes is 1. The first-order valence-electron chi connectivity index (χ1n) is 7.18. The van der Waals surface area contributed by atoms with E-state index in [4.69, 9.17) is 4.74 Å². The van der Waals surface area contributed by atoms with Gasteiger partial charge in [0, 0.05) is 6.20 Å². The maximum atomic E-state index is 11.0. The van der Waals surface area contributed by atoms with Gasteiger partial charge in [-0.2, -0.15) is 5.10 Å². The molecule has 2 aromatic rings. The van der Waals surface area contributed by atoms with E-state index < -0.39 is 0 Å². The highest BCUT2D eigenvalue weighted by molar-refractivity contribution is 9.10. The zero-order chi connectivity index (χ0) is 14.7. The van der Waals surface area contributed by atoms with E-state index in [1.54, 1.807) is 6.07 Å². The molecular formula is C16H17BrN2O2. The van der Waals surface area contributed by atoms with E-state index in [0.717, 1.165) is 16.5 Å². The van der Waals surface area contributed by atoms with Crippen molar-refractivity contribution in [2.45, 2.75) is 38.3 Å². The van der Waals surface area contributed by atoms with E-state index in [2.05, 4.69) is 21.0 Å². The summed E-state index contributed by atoms with van der Waals surface area (Å²) in [5.74, 6) is 0.572. The van der Waals surface area contributed by atoms with Crippen LogP contribution in [0, 0.1) is 0 Å². The summed E-state index contributed by atoms with van der Waals surface area (Å²) >= 11 is 3.41. The molecule has 5 heteroatoms. The van der Waals surface area contributed by atoms with Crippen molar-refractivity contribution in [1.29, 1.82) is 0 Å². The number of carbonyl (C=O) groups excluding carboxylic acids is 1. The molecule has 0 saturated heterocycles. The van der Waals surface area contributed by atoms with Crippen molar-refractivity contribution in [3.05, 3.63) is 46.2 Å². The molecule has 0 radical (unpaired) electrons. The number of hydrogen-bond donors (Lipinski definition) is 0. The van der Waals surface area contributed by atoms with Crippen LogP contribution in [-0.2, 0) is 6.61 Å². The molecule has 0 unspecified atom stereocenters. The Morgan fingerprint density at radius 2 is 2.14 bits per heavy atom. The van der Waals surface area contributed by atoms with Crippen molar-refractivity contribution >= 4 is 22.2 Å². The summed E-state index contributed by atoms with van der Waals surface area (Å²) in [5.41, 5.74) is 1.43. The first-order chi connectivity index (χ1) is 10.3. The molecule has 0 spiro atoms. The van der Waals surface area contributed by atoms with Gasteiger partial charge in [0.2, 0.25) is 0 Å². The van der Waals surface area contributed by atoms with Crippen LogP contribution >= 0.6 is 15.9 Å². The maximum Gasteiger partial charge on any atom is 0.153 e. The summed E-state index contributed by atoms with van der Waals surface area (Å²) in [6, 6.07) is 7.93. The molecule has 3 rings (SSSR count). The largest absolute Gasteiger partial charge is 0.485 e. The Hall–Kier alpha value is -1.62. The predicted molar refractivity (Wildman–Crippen MR) is 83.6 cm³/mol. The van der Waals surface area contributed by atoms with Crippen molar-refractivity contribution < 1.29 is 9.53 Å². The van der Waals surface area contributed by atoms with Gasteiger partial charge in [-0.15, -0.1) is 0 Å². The van der Waals surface area contributed by atoms with E-state index in [1.165, 1.54) is 25.7 Å². The smallest absolute Gasteiger partial charge is 0.153 e. The summed E-state index contributed by atoms with van der Waals surface area (Å²) in [6.07, 6.45) is 7.82. The van der Waals surface area contributed by atoms with Crippen LogP contribution in [0.3, 0.4) is 0 Å². The number of rotatable bonds is 5. The van der Waals surface area contributed by atoms with E-state index >= 15 is 0 Å².